The Morgan fingerprint density at radius 3 is 2.70 bits per heavy atom. The van der Waals surface area contributed by atoms with Crippen molar-refractivity contribution in [2.75, 3.05) is 13.2 Å². The minimum atomic E-state index is -3.74. The molecule has 0 N–H and O–H groups in total. The number of nitrogens with zero attached hydrogens (tertiary/aromatic N) is 3. The molecule has 0 spiro atoms. The van der Waals surface area contributed by atoms with E-state index in [9.17, 15) is 13.2 Å². The average molecular weight is 301 g/mol. The normalized spacial score (nSPS) is 15.6. The topological polar surface area (TPSA) is 81.5 Å². The second kappa shape index (κ2) is 5.92. The SMILES string of the molecule is CCOC(=O)CN(C1CC1)S(=O)(=O)c1cn(CC)cn1. The number of rotatable bonds is 7. The molecule has 1 saturated carbocycles. The summed E-state index contributed by atoms with van der Waals surface area (Å²) in [7, 11) is -3.74. The van der Waals surface area contributed by atoms with E-state index in [1.807, 2.05) is 6.92 Å². The highest BCUT2D eigenvalue weighted by molar-refractivity contribution is 7.89. The largest absolute Gasteiger partial charge is 0.465 e. The fraction of sp³-hybridized carbons (Fsp3) is 0.667. The van der Waals surface area contributed by atoms with E-state index in [-0.39, 0.29) is 24.2 Å². The molecule has 1 fully saturated rings. The van der Waals surface area contributed by atoms with Gasteiger partial charge in [0.05, 0.1) is 12.9 Å². The van der Waals surface area contributed by atoms with Crippen molar-refractivity contribution in [2.45, 2.75) is 44.3 Å². The van der Waals surface area contributed by atoms with Crippen LogP contribution in [0.25, 0.3) is 0 Å². The van der Waals surface area contributed by atoms with Crippen molar-refractivity contribution in [1.29, 1.82) is 0 Å². The molecule has 1 aromatic heterocycles. The van der Waals surface area contributed by atoms with E-state index in [0.29, 0.717) is 6.54 Å². The molecule has 0 saturated heterocycles. The van der Waals surface area contributed by atoms with Crippen LogP contribution in [0.1, 0.15) is 26.7 Å². The van der Waals surface area contributed by atoms with Crippen LogP contribution in [-0.4, -0.2) is 47.4 Å². The zero-order valence-corrected chi connectivity index (χ0v) is 12.5. The molecule has 112 valence electrons. The lowest BCUT2D eigenvalue weighted by atomic mass is 10.6. The average Bonchev–Trinajstić information content (AvgIpc) is 3.11. The summed E-state index contributed by atoms with van der Waals surface area (Å²) in [4.78, 5) is 15.5. The number of aryl methyl sites for hydroxylation is 1. The van der Waals surface area contributed by atoms with Crippen LogP contribution in [0.15, 0.2) is 17.6 Å². The predicted octanol–water partition coefficient (Wildman–Crippen LogP) is 0.619. The molecule has 0 amide bonds. The Bertz CT molecular complexity index is 577. The molecule has 0 unspecified atom stereocenters. The molecular formula is C12H19N3O4S. The summed E-state index contributed by atoms with van der Waals surface area (Å²) in [5.74, 6) is -0.530. The van der Waals surface area contributed by atoms with Gasteiger partial charge in [0, 0.05) is 18.8 Å². The lowest BCUT2D eigenvalue weighted by Crippen LogP contribution is -2.38. The van der Waals surface area contributed by atoms with Gasteiger partial charge in [-0.25, -0.2) is 13.4 Å². The Labute approximate surface area is 118 Å². The van der Waals surface area contributed by atoms with Crippen LogP contribution < -0.4 is 0 Å². The van der Waals surface area contributed by atoms with E-state index in [2.05, 4.69) is 4.98 Å². The second-order valence-electron chi connectivity index (χ2n) is 4.63. The predicted molar refractivity (Wildman–Crippen MR) is 71.4 cm³/mol. The van der Waals surface area contributed by atoms with Crippen molar-refractivity contribution in [1.82, 2.24) is 13.9 Å². The highest BCUT2D eigenvalue weighted by atomic mass is 32.2. The number of imidazole rings is 1. The number of hydrogen-bond acceptors (Lipinski definition) is 5. The Morgan fingerprint density at radius 2 is 2.20 bits per heavy atom. The van der Waals surface area contributed by atoms with Gasteiger partial charge in [-0.3, -0.25) is 4.79 Å². The maximum Gasteiger partial charge on any atom is 0.321 e. The van der Waals surface area contributed by atoms with Gasteiger partial charge >= 0.3 is 5.97 Å². The van der Waals surface area contributed by atoms with Gasteiger partial charge in [-0.2, -0.15) is 4.31 Å². The summed E-state index contributed by atoms with van der Waals surface area (Å²) < 4.78 is 32.8. The maximum absolute atomic E-state index is 12.5. The van der Waals surface area contributed by atoms with Crippen molar-refractivity contribution in [3.63, 3.8) is 0 Å². The van der Waals surface area contributed by atoms with Crippen LogP contribution in [0.2, 0.25) is 0 Å². The van der Waals surface area contributed by atoms with E-state index in [0.717, 1.165) is 12.8 Å². The van der Waals surface area contributed by atoms with Gasteiger partial charge in [0.25, 0.3) is 10.0 Å². The third kappa shape index (κ3) is 3.18. The molecule has 7 nitrogen and oxygen atoms in total. The smallest absolute Gasteiger partial charge is 0.321 e. The van der Waals surface area contributed by atoms with Crippen molar-refractivity contribution in [3.8, 4) is 0 Å². The number of sulfonamides is 1. The molecule has 2 rings (SSSR count). The first kappa shape index (κ1) is 15.0. The fourth-order valence-electron chi connectivity index (χ4n) is 1.87. The third-order valence-corrected chi connectivity index (χ3v) is 4.88. The van der Waals surface area contributed by atoms with Crippen molar-refractivity contribution in [3.05, 3.63) is 12.5 Å². The number of ether oxygens (including phenoxy) is 1. The lowest BCUT2D eigenvalue weighted by molar-refractivity contribution is -0.143. The monoisotopic (exact) mass is 301 g/mol. The zero-order valence-electron chi connectivity index (χ0n) is 11.7. The first-order chi connectivity index (χ1) is 9.48. The lowest BCUT2D eigenvalue weighted by Gasteiger charge is -2.19. The standard InChI is InChI=1S/C12H19N3O4S/c1-3-14-7-11(13-9-14)20(17,18)15(10-5-6-10)8-12(16)19-4-2/h7,9-10H,3-6,8H2,1-2H3. The zero-order chi connectivity index (χ0) is 14.8. The second-order valence-corrected chi connectivity index (χ2v) is 6.47. The van der Waals surface area contributed by atoms with Crippen LogP contribution in [0.5, 0.6) is 0 Å². The van der Waals surface area contributed by atoms with Crippen LogP contribution in [0, 0.1) is 0 Å². The van der Waals surface area contributed by atoms with E-state index >= 15 is 0 Å². The Morgan fingerprint density at radius 1 is 1.50 bits per heavy atom. The van der Waals surface area contributed by atoms with Crippen LogP contribution >= 0.6 is 0 Å². The molecule has 0 bridgehead atoms. The molecule has 1 heterocycles. The van der Waals surface area contributed by atoms with Crippen LogP contribution in [-0.2, 0) is 26.1 Å². The molecule has 1 aliphatic rings. The number of carbonyl (C=O) groups is 1. The quantitative estimate of drug-likeness (QED) is 0.690. The molecule has 8 heteroatoms. The summed E-state index contributed by atoms with van der Waals surface area (Å²) in [6, 6.07) is -0.115. The molecular weight excluding hydrogens is 282 g/mol. The summed E-state index contributed by atoms with van der Waals surface area (Å²) >= 11 is 0. The Balaban J connectivity index is 2.21. The van der Waals surface area contributed by atoms with Crippen molar-refractivity contribution in [2.24, 2.45) is 0 Å². The molecule has 0 aromatic carbocycles. The highest BCUT2D eigenvalue weighted by Gasteiger charge is 2.40. The molecule has 1 aliphatic carbocycles. The van der Waals surface area contributed by atoms with Crippen LogP contribution in [0.4, 0.5) is 0 Å². The summed E-state index contributed by atoms with van der Waals surface area (Å²) in [6.07, 6.45) is 4.50. The summed E-state index contributed by atoms with van der Waals surface area (Å²) in [6.45, 7) is 4.22. The Hall–Kier alpha value is -1.41. The molecule has 0 aliphatic heterocycles. The van der Waals surface area contributed by atoms with E-state index in [1.165, 1.54) is 16.8 Å². The minimum Gasteiger partial charge on any atom is -0.465 e. The molecule has 1 aromatic rings. The number of carbonyl (C=O) groups excluding carboxylic acids is 1. The Kier molecular flexibility index (Phi) is 4.44. The highest BCUT2D eigenvalue weighted by Crippen LogP contribution is 2.31. The molecule has 20 heavy (non-hydrogen) atoms. The summed E-state index contributed by atoms with van der Waals surface area (Å²) in [5.41, 5.74) is 0. The van der Waals surface area contributed by atoms with Gasteiger partial charge < -0.3 is 9.30 Å². The van der Waals surface area contributed by atoms with E-state index < -0.39 is 16.0 Å². The summed E-state index contributed by atoms with van der Waals surface area (Å²) in [5, 5.41) is -0.0180. The third-order valence-electron chi connectivity index (χ3n) is 3.09. The van der Waals surface area contributed by atoms with Gasteiger partial charge in [0.2, 0.25) is 0 Å². The molecule has 0 radical (unpaired) electrons. The molecule has 0 atom stereocenters. The van der Waals surface area contributed by atoms with Gasteiger partial charge in [0.15, 0.2) is 5.03 Å². The fourth-order valence-corrected chi connectivity index (χ4v) is 3.44. The number of esters is 1. The van der Waals surface area contributed by atoms with Gasteiger partial charge in [-0.1, -0.05) is 0 Å². The van der Waals surface area contributed by atoms with Crippen molar-refractivity contribution >= 4 is 16.0 Å². The minimum absolute atomic E-state index is 0.0180. The number of hydrogen-bond donors (Lipinski definition) is 0. The maximum atomic E-state index is 12.5. The first-order valence-corrected chi connectivity index (χ1v) is 8.12. The van der Waals surface area contributed by atoms with Gasteiger partial charge in [-0.05, 0) is 26.7 Å². The van der Waals surface area contributed by atoms with Crippen molar-refractivity contribution < 1.29 is 17.9 Å². The van der Waals surface area contributed by atoms with E-state index in [4.69, 9.17) is 4.74 Å². The van der Waals surface area contributed by atoms with E-state index in [1.54, 1.807) is 11.5 Å². The van der Waals surface area contributed by atoms with Gasteiger partial charge in [-0.15, -0.1) is 0 Å². The van der Waals surface area contributed by atoms with Crippen LogP contribution in [0.3, 0.4) is 0 Å². The first-order valence-electron chi connectivity index (χ1n) is 6.68. The van der Waals surface area contributed by atoms with Gasteiger partial charge in [0.1, 0.15) is 6.54 Å². The number of aromatic nitrogens is 2.